The van der Waals surface area contributed by atoms with Crippen molar-refractivity contribution in [3.63, 3.8) is 0 Å². The summed E-state index contributed by atoms with van der Waals surface area (Å²) in [4.78, 5) is 32.3. The molecule has 0 aliphatic rings. The van der Waals surface area contributed by atoms with Crippen LogP contribution in [0.15, 0.2) is 54.6 Å². The van der Waals surface area contributed by atoms with Gasteiger partial charge < -0.3 is 10.6 Å². The average Bonchev–Trinajstić information content (AvgIpc) is 2.61. The first kappa shape index (κ1) is 18.5. The van der Waals surface area contributed by atoms with Crippen LogP contribution >= 0.6 is 11.6 Å². The molecular weight excluding hydrogens is 364 g/mol. The van der Waals surface area contributed by atoms with Gasteiger partial charge in [0.1, 0.15) is 17.3 Å². The van der Waals surface area contributed by atoms with Crippen molar-refractivity contribution in [3.05, 3.63) is 76.7 Å². The smallest absolute Gasteiger partial charge is 0.274 e. The van der Waals surface area contributed by atoms with Crippen molar-refractivity contribution >= 4 is 40.5 Å². The highest BCUT2D eigenvalue weighted by atomic mass is 35.5. The normalized spacial score (nSPS) is 10.3. The van der Waals surface area contributed by atoms with Gasteiger partial charge in [0.25, 0.3) is 5.91 Å². The molecule has 0 spiro atoms. The molecule has 1 heterocycles. The molecular formula is C20H17ClN4O2. The van der Waals surface area contributed by atoms with E-state index in [-0.39, 0.29) is 17.4 Å². The third-order valence-electron chi connectivity index (χ3n) is 3.72. The maximum atomic E-state index is 12.5. The van der Waals surface area contributed by atoms with Crippen LogP contribution in [0.2, 0.25) is 5.02 Å². The molecule has 136 valence electrons. The number of nitrogens with one attached hydrogen (secondary N) is 2. The van der Waals surface area contributed by atoms with E-state index in [1.54, 1.807) is 61.5 Å². The topological polar surface area (TPSA) is 84.0 Å². The van der Waals surface area contributed by atoms with Gasteiger partial charge in [-0.3, -0.25) is 9.59 Å². The molecule has 0 saturated carbocycles. The number of ketones is 1. The fourth-order valence-corrected chi connectivity index (χ4v) is 2.64. The Kier molecular flexibility index (Phi) is 5.47. The van der Waals surface area contributed by atoms with Crippen LogP contribution in [0.4, 0.5) is 17.2 Å². The Morgan fingerprint density at radius 3 is 2.37 bits per heavy atom. The standard InChI is InChI=1S/C20H17ClN4O2/c1-12(26)14-6-8-16(9-7-14)24-19-11-18(22-13(2)23-19)20(27)25-17-5-3-4-15(21)10-17/h3-11H,1-2H3,(H,25,27)(H,22,23,24). The van der Waals surface area contributed by atoms with Gasteiger partial charge in [0.15, 0.2) is 5.78 Å². The van der Waals surface area contributed by atoms with Crippen molar-refractivity contribution in [3.8, 4) is 0 Å². The van der Waals surface area contributed by atoms with E-state index in [1.165, 1.54) is 6.92 Å². The molecule has 3 aromatic rings. The predicted molar refractivity (Wildman–Crippen MR) is 106 cm³/mol. The summed E-state index contributed by atoms with van der Waals surface area (Å²) in [7, 11) is 0. The Morgan fingerprint density at radius 1 is 0.963 bits per heavy atom. The summed E-state index contributed by atoms with van der Waals surface area (Å²) in [5.74, 6) is 0.572. The molecule has 2 aromatic carbocycles. The van der Waals surface area contributed by atoms with Crippen LogP contribution in [0.3, 0.4) is 0 Å². The molecule has 0 unspecified atom stereocenters. The minimum absolute atomic E-state index is 0.000553. The van der Waals surface area contributed by atoms with Crippen LogP contribution < -0.4 is 10.6 Å². The first-order chi connectivity index (χ1) is 12.9. The van der Waals surface area contributed by atoms with Gasteiger partial charge in [-0.15, -0.1) is 0 Å². The number of carbonyl (C=O) groups excluding carboxylic acids is 2. The molecule has 0 fully saturated rings. The number of aromatic nitrogens is 2. The van der Waals surface area contributed by atoms with Crippen molar-refractivity contribution < 1.29 is 9.59 Å². The van der Waals surface area contributed by atoms with Gasteiger partial charge in [-0.25, -0.2) is 9.97 Å². The zero-order chi connectivity index (χ0) is 19.4. The molecule has 0 radical (unpaired) electrons. The number of hydrogen-bond donors (Lipinski definition) is 2. The summed E-state index contributed by atoms with van der Waals surface area (Å²) in [6.45, 7) is 3.22. The second-order valence-corrected chi connectivity index (χ2v) is 6.35. The number of hydrogen-bond acceptors (Lipinski definition) is 5. The van der Waals surface area contributed by atoms with Crippen LogP contribution in [0.1, 0.15) is 33.6 Å². The number of benzene rings is 2. The first-order valence-electron chi connectivity index (χ1n) is 8.21. The van der Waals surface area contributed by atoms with Crippen LogP contribution in [0, 0.1) is 6.92 Å². The molecule has 27 heavy (non-hydrogen) atoms. The lowest BCUT2D eigenvalue weighted by Crippen LogP contribution is -2.15. The molecule has 6 nitrogen and oxygen atoms in total. The zero-order valence-electron chi connectivity index (χ0n) is 14.8. The summed E-state index contributed by atoms with van der Waals surface area (Å²) < 4.78 is 0. The molecule has 0 saturated heterocycles. The lowest BCUT2D eigenvalue weighted by Gasteiger charge is -2.10. The SMILES string of the molecule is CC(=O)c1ccc(Nc2cc(C(=O)Nc3cccc(Cl)c3)nc(C)n2)cc1. The third kappa shape index (κ3) is 4.89. The molecule has 1 amide bonds. The largest absolute Gasteiger partial charge is 0.340 e. The molecule has 0 bridgehead atoms. The predicted octanol–water partition coefficient (Wildman–Crippen LogP) is 4.64. The van der Waals surface area contributed by atoms with E-state index in [0.717, 1.165) is 5.69 Å². The number of rotatable bonds is 5. The highest BCUT2D eigenvalue weighted by Gasteiger charge is 2.11. The number of nitrogens with zero attached hydrogens (tertiary/aromatic N) is 2. The van der Waals surface area contributed by atoms with Crippen molar-refractivity contribution in [2.45, 2.75) is 13.8 Å². The number of Topliss-reactive ketones (excluding diaryl/α,β-unsaturated/α-hetero) is 1. The van der Waals surface area contributed by atoms with E-state index in [0.29, 0.717) is 27.9 Å². The second kappa shape index (κ2) is 7.97. The van der Waals surface area contributed by atoms with Crippen molar-refractivity contribution in [1.82, 2.24) is 9.97 Å². The molecule has 0 atom stereocenters. The van der Waals surface area contributed by atoms with E-state index in [1.807, 2.05) is 0 Å². The van der Waals surface area contributed by atoms with Gasteiger partial charge in [0.05, 0.1) is 0 Å². The van der Waals surface area contributed by atoms with Crippen molar-refractivity contribution in [1.29, 1.82) is 0 Å². The summed E-state index contributed by atoms with van der Waals surface area (Å²) in [5, 5.41) is 6.40. The number of aryl methyl sites for hydroxylation is 1. The van der Waals surface area contributed by atoms with Crippen molar-refractivity contribution in [2.75, 3.05) is 10.6 Å². The van der Waals surface area contributed by atoms with Gasteiger partial charge in [-0.1, -0.05) is 17.7 Å². The van der Waals surface area contributed by atoms with Crippen molar-refractivity contribution in [2.24, 2.45) is 0 Å². The Labute approximate surface area is 161 Å². The molecule has 0 aliphatic heterocycles. The molecule has 0 aliphatic carbocycles. The number of amides is 1. The van der Waals surface area contributed by atoms with Crippen LogP contribution in [-0.2, 0) is 0 Å². The molecule has 1 aromatic heterocycles. The van der Waals surface area contributed by atoms with Gasteiger partial charge in [0.2, 0.25) is 0 Å². The van der Waals surface area contributed by atoms with Crippen LogP contribution in [0.5, 0.6) is 0 Å². The number of anilines is 3. The first-order valence-corrected chi connectivity index (χ1v) is 8.59. The highest BCUT2D eigenvalue weighted by Crippen LogP contribution is 2.19. The van der Waals surface area contributed by atoms with Gasteiger partial charge >= 0.3 is 0 Å². The maximum absolute atomic E-state index is 12.5. The molecule has 3 rings (SSSR count). The quantitative estimate of drug-likeness (QED) is 0.630. The maximum Gasteiger partial charge on any atom is 0.274 e. The minimum atomic E-state index is -0.363. The minimum Gasteiger partial charge on any atom is -0.340 e. The second-order valence-electron chi connectivity index (χ2n) is 5.91. The highest BCUT2D eigenvalue weighted by molar-refractivity contribution is 6.30. The number of carbonyl (C=O) groups is 2. The van der Waals surface area contributed by atoms with E-state index < -0.39 is 0 Å². The zero-order valence-corrected chi connectivity index (χ0v) is 15.5. The lowest BCUT2D eigenvalue weighted by molar-refractivity contribution is 0.101. The summed E-state index contributed by atoms with van der Waals surface area (Å²) in [6.07, 6.45) is 0. The summed E-state index contributed by atoms with van der Waals surface area (Å²) >= 11 is 5.94. The van der Waals surface area contributed by atoms with E-state index >= 15 is 0 Å². The fourth-order valence-electron chi connectivity index (χ4n) is 2.45. The summed E-state index contributed by atoms with van der Waals surface area (Å²) in [5.41, 5.74) is 2.18. The third-order valence-corrected chi connectivity index (χ3v) is 3.95. The number of halogens is 1. The van der Waals surface area contributed by atoms with Crippen LogP contribution in [0.25, 0.3) is 0 Å². The van der Waals surface area contributed by atoms with Gasteiger partial charge in [-0.2, -0.15) is 0 Å². The van der Waals surface area contributed by atoms with E-state index in [4.69, 9.17) is 11.6 Å². The fraction of sp³-hybridized carbons (Fsp3) is 0.100. The Bertz CT molecular complexity index is 1000. The van der Waals surface area contributed by atoms with Gasteiger partial charge in [0, 0.05) is 28.0 Å². The lowest BCUT2D eigenvalue weighted by atomic mass is 10.1. The molecule has 2 N–H and O–H groups in total. The molecule has 7 heteroatoms. The van der Waals surface area contributed by atoms with E-state index in [2.05, 4.69) is 20.6 Å². The van der Waals surface area contributed by atoms with E-state index in [9.17, 15) is 9.59 Å². The Morgan fingerprint density at radius 2 is 1.70 bits per heavy atom. The van der Waals surface area contributed by atoms with Gasteiger partial charge in [-0.05, 0) is 56.3 Å². The summed E-state index contributed by atoms with van der Waals surface area (Å²) in [6, 6.07) is 15.5. The average molecular weight is 381 g/mol. The Hall–Kier alpha value is -3.25. The Balaban J connectivity index is 1.79. The monoisotopic (exact) mass is 380 g/mol. The van der Waals surface area contributed by atoms with Crippen LogP contribution in [-0.4, -0.2) is 21.7 Å².